The molecule has 0 spiro atoms. The van der Waals surface area contributed by atoms with Crippen LogP contribution in [0.25, 0.3) is 0 Å². The monoisotopic (exact) mass is 395 g/mol. The molecule has 7 nitrogen and oxygen atoms in total. The zero-order chi connectivity index (χ0) is 20.7. The van der Waals surface area contributed by atoms with Gasteiger partial charge in [-0.2, -0.15) is 5.26 Å². The molecule has 0 unspecified atom stereocenters. The molecule has 2 bridgehead atoms. The first-order valence-electron chi connectivity index (χ1n) is 10.5. The summed E-state index contributed by atoms with van der Waals surface area (Å²) in [5.41, 5.74) is 8.55. The Balaban J connectivity index is 1.39. The van der Waals surface area contributed by atoms with Gasteiger partial charge in [-0.3, -0.25) is 14.5 Å². The number of nitriles is 1. The van der Waals surface area contributed by atoms with Crippen molar-refractivity contribution in [3.05, 3.63) is 35.4 Å². The second kappa shape index (κ2) is 7.77. The highest BCUT2D eigenvalue weighted by atomic mass is 16.2. The molecule has 0 aliphatic carbocycles. The summed E-state index contributed by atoms with van der Waals surface area (Å²) in [6.45, 7) is 5.85. The van der Waals surface area contributed by atoms with Crippen molar-refractivity contribution in [2.45, 2.75) is 63.3 Å². The maximum atomic E-state index is 13.1. The molecule has 3 aliphatic rings. The van der Waals surface area contributed by atoms with E-state index in [1.807, 2.05) is 4.90 Å². The van der Waals surface area contributed by atoms with Crippen LogP contribution in [-0.4, -0.2) is 70.3 Å². The lowest BCUT2D eigenvalue weighted by atomic mass is 10.0. The number of carbonyl (C=O) groups is 2. The van der Waals surface area contributed by atoms with E-state index in [1.54, 1.807) is 4.90 Å². The summed E-state index contributed by atoms with van der Waals surface area (Å²) in [4.78, 5) is 31.4. The summed E-state index contributed by atoms with van der Waals surface area (Å²) >= 11 is 0. The van der Waals surface area contributed by atoms with Crippen LogP contribution >= 0.6 is 0 Å². The predicted octanol–water partition coefficient (Wildman–Crippen LogP) is 1.18. The lowest BCUT2D eigenvalue weighted by molar-refractivity contribution is -0.140. The fourth-order valence-electron chi connectivity index (χ4n) is 5.11. The molecule has 2 amide bonds. The van der Waals surface area contributed by atoms with Crippen molar-refractivity contribution in [2.75, 3.05) is 19.6 Å². The van der Waals surface area contributed by atoms with Crippen LogP contribution in [0.2, 0.25) is 0 Å². The Bertz CT molecular complexity index is 833. The zero-order valence-electron chi connectivity index (χ0n) is 17.1. The largest absolute Gasteiger partial charge is 0.330 e. The third-order valence-corrected chi connectivity index (χ3v) is 6.72. The fraction of sp³-hybridized carbons (Fsp3) is 0.591. The topological polar surface area (TPSA) is 93.7 Å². The van der Waals surface area contributed by atoms with Crippen molar-refractivity contribution < 1.29 is 9.59 Å². The Labute approximate surface area is 172 Å². The minimum atomic E-state index is -0.695. The molecule has 3 saturated heterocycles. The van der Waals surface area contributed by atoms with Crippen LogP contribution in [0, 0.1) is 18.3 Å². The van der Waals surface area contributed by atoms with Crippen molar-refractivity contribution >= 4 is 11.8 Å². The van der Waals surface area contributed by atoms with Gasteiger partial charge in [-0.15, -0.1) is 0 Å². The quantitative estimate of drug-likeness (QED) is 0.808. The van der Waals surface area contributed by atoms with Crippen LogP contribution < -0.4 is 5.73 Å². The SMILES string of the molecule is Cc1ccc([C@H](C)N2C(=O)[C@H]3C[C@@H]2CN3C[C@H](N)C(=O)N2CCC[C@H]2C#N)cc1. The number of rotatable bonds is 5. The van der Waals surface area contributed by atoms with E-state index in [4.69, 9.17) is 5.73 Å². The number of carbonyl (C=O) groups excluding carboxylic acids is 2. The number of amides is 2. The highest BCUT2D eigenvalue weighted by Gasteiger charge is 2.51. The van der Waals surface area contributed by atoms with Gasteiger partial charge < -0.3 is 15.5 Å². The molecule has 0 saturated carbocycles. The molecule has 154 valence electrons. The zero-order valence-corrected chi connectivity index (χ0v) is 17.1. The Morgan fingerprint density at radius 3 is 2.72 bits per heavy atom. The van der Waals surface area contributed by atoms with E-state index in [9.17, 15) is 14.9 Å². The number of benzene rings is 1. The fourth-order valence-corrected chi connectivity index (χ4v) is 5.11. The summed E-state index contributed by atoms with van der Waals surface area (Å²) in [7, 11) is 0. The molecule has 2 N–H and O–H groups in total. The molecule has 3 fully saturated rings. The first-order valence-corrected chi connectivity index (χ1v) is 10.5. The normalized spacial score (nSPS) is 28.6. The Kier molecular flexibility index (Phi) is 5.32. The van der Waals surface area contributed by atoms with E-state index in [-0.39, 0.29) is 36.0 Å². The summed E-state index contributed by atoms with van der Waals surface area (Å²) < 4.78 is 0. The van der Waals surface area contributed by atoms with Gasteiger partial charge in [0.1, 0.15) is 6.04 Å². The number of nitrogens with two attached hydrogens (primary N) is 1. The molecule has 29 heavy (non-hydrogen) atoms. The van der Waals surface area contributed by atoms with Crippen LogP contribution in [0.4, 0.5) is 0 Å². The van der Waals surface area contributed by atoms with Crippen molar-refractivity contribution in [1.82, 2.24) is 14.7 Å². The van der Waals surface area contributed by atoms with Gasteiger partial charge in [0.05, 0.1) is 24.2 Å². The first kappa shape index (κ1) is 19.9. The smallest absolute Gasteiger partial charge is 0.241 e. The predicted molar refractivity (Wildman–Crippen MR) is 109 cm³/mol. The standard InChI is InChI=1S/C22H29N5O2/c1-14-5-7-16(8-6-14)15(2)27-18-10-20(22(27)29)25(12-18)13-19(24)21(28)26-9-3-4-17(26)11-23/h5-8,15,17-20H,3-4,9-10,12-13,24H2,1-2H3/t15-,17-,18+,19-,20+/m0/s1. The molecule has 3 heterocycles. The highest BCUT2D eigenvalue weighted by Crippen LogP contribution is 2.38. The third-order valence-electron chi connectivity index (χ3n) is 6.72. The Hall–Kier alpha value is -2.43. The molecular formula is C22H29N5O2. The molecular weight excluding hydrogens is 366 g/mol. The van der Waals surface area contributed by atoms with E-state index in [0.717, 1.165) is 24.9 Å². The summed E-state index contributed by atoms with van der Waals surface area (Å²) in [5, 5.41) is 9.22. The van der Waals surface area contributed by atoms with E-state index in [0.29, 0.717) is 19.5 Å². The molecule has 0 radical (unpaired) electrons. The summed E-state index contributed by atoms with van der Waals surface area (Å²) in [6, 6.07) is 9.47. The average molecular weight is 396 g/mol. The van der Waals surface area contributed by atoms with Crippen LogP contribution in [0.5, 0.6) is 0 Å². The van der Waals surface area contributed by atoms with Gasteiger partial charge in [0.2, 0.25) is 11.8 Å². The molecule has 1 aromatic carbocycles. The van der Waals surface area contributed by atoms with Gasteiger partial charge in [0, 0.05) is 25.7 Å². The first-order chi connectivity index (χ1) is 13.9. The number of aryl methyl sites for hydroxylation is 1. The van der Waals surface area contributed by atoms with Gasteiger partial charge in [0.25, 0.3) is 0 Å². The van der Waals surface area contributed by atoms with Crippen molar-refractivity contribution in [3.63, 3.8) is 0 Å². The van der Waals surface area contributed by atoms with Crippen molar-refractivity contribution in [1.29, 1.82) is 5.26 Å². The van der Waals surface area contributed by atoms with E-state index < -0.39 is 6.04 Å². The van der Waals surface area contributed by atoms with Gasteiger partial charge in [-0.05, 0) is 38.7 Å². The van der Waals surface area contributed by atoms with E-state index in [1.165, 1.54) is 5.56 Å². The molecule has 1 aromatic rings. The minimum absolute atomic E-state index is 0.0385. The average Bonchev–Trinajstić information content (AvgIpc) is 3.41. The maximum Gasteiger partial charge on any atom is 0.241 e. The lowest BCUT2D eigenvalue weighted by Gasteiger charge is -2.38. The Morgan fingerprint density at radius 1 is 1.34 bits per heavy atom. The number of piperazine rings is 1. The molecule has 0 aromatic heterocycles. The second-order valence-corrected chi connectivity index (χ2v) is 8.62. The molecule has 5 atom stereocenters. The number of nitrogens with zero attached hydrogens (tertiary/aromatic N) is 4. The number of fused-ring (bicyclic) bond motifs is 2. The van der Waals surface area contributed by atoms with Gasteiger partial charge >= 0.3 is 0 Å². The van der Waals surface area contributed by atoms with Crippen LogP contribution in [0.1, 0.15) is 43.4 Å². The molecule has 7 heteroatoms. The highest BCUT2D eigenvalue weighted by molar-refractivity contribution is 5.87. The van der Waals surface area contributed by atoms with Crippen molar-refractivity contribution in [2.24, 2.45) is 5.73 Å². The summed E-state index contributed by atoms with van der Waals surface area (Å²) in [5.74, 6) is -0.0424. The van der Waals surface area contributed by atoms with Crippen LogP contribution in [0.15, 0.2) is 24.3 Å². The lowest BCUT2D eigenvalue weighted by Crippen LogP contribution is -2.56. The second-order valence-electron chi connectivity index (χ2n) is 8.62. The van der Waals surface area contributed by atoms with Gasteiger partial charge in [0.15, 0.2) is 0 Å². The van der Waals surface area contributed by atoms with Crippen LogP contribution in [0.3, 0.4) is 0 Å². The maximum absolute atomic E-state index is 13.1. The van der Waals surface area contributed by atoms with Gasteiger partial charge in [-0.25, -0.2) is 0 Å². The number of likely N-dealkylation sites (tertiary alicyclic amines) is 3. The number of hydrogen-bond acceptors (Lipinski definition) is 5. The number of hydrogen-bond donors (Lipinski definition) is 1. The summed E-state index contributed by atoms with van der Waals surface area (Å²) in [6.07, 6.45) is 2.35. The van der Waals surface area contributed by atoms with Crippen LogP contribution in [-0.2, 0) is 9.59 Å². The minimum Gasteiger partial charge on any atom is -0.330 e. The van der Waals surface area contributed by atoms with E-state index in [2.05, 4.69) is 49.1 Å². The molecule has 4 rings (SSSR count). The van der Waals surface area contributed by atoms with E-state index >= 15 is 0 Å². The van der Waals surface area contributed by atoms with Gasteiger partial charge in [-0.1, -0.05) is 29.8 Å². The third kappa shape index (κ3) is 3.52. The van der Waals surface area contributed by atoms with Crippen molar-refractivity contribution in [3.8, 4) is 6.07 Å². The Morgan fingerprint density at radius 2 is 2.07 bits per heavy atom. The molecule has 3 aliphatic heterocycles.